The summed E-state index contributed by atoms with van der Waals surface area (Å²) in [6.07, 6.45) is 9.27. The van der Waals surface area contributed by atoms with E-state index in [-0.39, 0.29) is 0 Å². The third kappa shape index (κ3) is 4.13. The van der Waals surface area contributed by atoms with Crippen molar-refractivity contribution < 1.29 is 4.84 Å². The van der Waals surface area contributed by atoms with Gasteiger partial charge >= 0.3 is 0 Å². The average Bonchev–Trinajstić information content (AvgIpc) is 2.87. The first-order chi connectivity index (χ1) is 7.25. The highest BCUT2D eigenvalue weighted by atomic mass is 127. The number of hydrogen-bond donors (Lipinski definition) is 0. The summed E-state index contributed by atoms with van der Waals surface area (Å²) >= 11 is 2.45. The van der Waals surface area contributed by atoms with E-state index in [0.29, 0.717) is 5.41 Å². The lowest BCUT2D eigenvalue weighted by Gasteiger charge is -2.12. The number of unbranched alkanes of at least 4 members (excludes halogenated alkanes) is 1. The zero-order valence-corrected chi connectivity index (χ0v) is 11.6. The minimum atomic E-state index is 0.506. The van der Waals surface area contributed by atoms with Gasteiger partial charge in [0.25, 0.3) is 0 Å². The summed E-state index contributed by atoms with van der Waals surface area (Å²) in [5.41, 5.74) is 1.97. The van der Waals surface area contributed by atoms with Crippen LogP contribution in [0.2, 0.25) is 0 Å². The van der Waals surface area contributed by atoms with Gasteiger partial charge in [-0.1, -0.05) is 39.9 Å². The molecule has 0 heterocycles. The molecule has 0 spiro atoms. The zero-order valence-electron chi connectivity index (χ0n) is 9.47. The van der Waals surface area contributed by atoms with E-state index in [1.165, 1.54) is 42.1 Å². The van der Waals surface area contributed by atoms with Crippen molar-refractivity contribution in [3.05, 3.63) is 12.2 Å². The van der Waals surface area contributed by atoms with Gasteiger partial charge in [-0.2, -0.15) is 0 Å². The SMILES string of the molecule is C=C1CC1(CCCI)CCC/C=N/OC. The standard InChI is InChI=1S/C12H20INO/c1-11-10-12(11,7-5-8-13)6-3-4-9-14-15-2/h9H,1,3-8,10H2,2H3/b14-9+. The second-order valence-electron chi connectivity index (χ2n) is 4.22. The predicted octanol–water partition coefficient (Wildman–Crippen LogP) is 3.95. The van der Waals surface area contributed by atoms with Gasteiger partial charge in [0.2, 0.25) is 0 Å². The van der Waals surface area contributed by atoms with E-state index in [1.54, 1.807) is 7.11 Å². The van der Waals surface area contributed by atoms with Crippen molar-refractivity contribution in [2.24, 2.45) is 10.6 Å². The lowest BCUT2D eigenvalue weighted by molar-refractivity contribution is 0.214. The Morgan fingerprint density at radius 1 is 1.53 bits per heavy atom. The van der Waals surface area contributed by atoms with Crippen LogP contribution in [0, 0.1) is 5.41 Å². The average molecular weight is 321 g/mol. The molecule has 0 N–H and O–H groups in total. The second-order valence-corrected chi connectivity index (χ2v) is 5.29. The van der Waals surface area contributed by atoms with Crippen LogP contribution in [0.15, 0.2) is 17.3 Å². The van der Waals surface area contributed by atoms with Crippen molar-refractivity contribution in [2.75, 3.05) is 11.5 Å². The van der Waals surface area contributed by atoms with E-state index >= 15 is 0 Å². The van der Waals surface area contributed by atoms with Crippen LogP contribution in [0.1, 0.15) is 38.5 Å². The van der Waals surface area contributed by atoms with Gasteiger partial charge in [-0.25, -0.2) is 0 Å². The highest BCUT2D eigenvalue weighted by Crippen LogP contribution is 2.57. The number of oxime groups is 1. The Labute approximate surface area is 106 Å². The molecular formula is C12H20INO. The first-order valence-electron chi connectivity index (χ1n) is 5.54. The number of alkyl halides is 1. The second kappa shape index (κ2) is 6.51. The molecule has 0 aliphatic heterocycles. The molecule has 1 aliphatic carbocycles. The van der Waals surface area contributed by atoms with Gasteiger partial charge in [0.1, 0.15) is 7.11 Å². The van der Waals surface area contributed by atoms with Crippen molar-refractivity contribution in [3.8, 4) is 0 Å². The molecule has 1 atom stereocenters. The first-order valence-corrected chi connectivity index (χ1v) is 7.07. The number of halogens is 1. The molecule has 0 aromatic carbocycles. The lowest BCUT2D eigenvalue weighted by atomic mass is 9.93. The van der Waals surface area contributed by atoms with Crippen LogP contribution in [0.25, 0.3) is 0 Å². The zero-order chi connectivity index (χ0) is 11.1. The molecule has 0 saturated heterocycles. The fourth-order valence-corrected chi connectivity index (χ4v) is 2.47. The van der Waals surface area contributed by atoms with Gasteiger partial charge in [0, 0.05) is 6.21 Å². The Balaban J connectivity index is 2.17. The minimum Gasteiger partial charge on any atom is -0.399 e. The number of allylic oxidation sites excluding steroid dienone is 1. The van der Waals surface area contributed by atoms with Crippen molar-refractivity contribution in [1.29, 1.82) is 0 Å². The lowest BCUT2D eigenvalue weighted by Crippen LogP contribution is -2.01. The fraction of sp³-hybridized carbons (Fsp3) is 0.750. The first kappa shape index (κ1) is 13.0. The molecule has 1 aliphatic rings. The third-order valence-corrected chi connectivity index (χ3v) is 3.90. The van der Waals surface area contributed by atoms with E-state index in [0.717, 1.165) is 6.42 Å². The summed E-state index contributed by atoms with van der Waals surface area (Å²) in [5.74, 6) is 0. The molecule has 0 aromatic rings. The molecular weight excluding hydrogens is 301 g/mol. The van der Waals surface area contributed by atoms with Gasteiger partial charge < -0.3 is 4.84 Å². The van der Waals surface area contributed by atoms with Crippen molar-refractivity contribution in [2.45, 2.75) is 38.5 Å². The van der Waals surface area contributed by atoms with Crippen LogP contribution >= 0.6 is 22.6 Å². The summed E-state index contributed by atoms with van der Waals surface area (Å²) in [7, 11) is 1.58. The van der Waals surface area contributed by atoms with E-state index in [4.69, 9.17) is 0 Å². The van der Waals surface area contributed by atoms with Crippen molar-refractivity contribution >= 4 is 28.8 Å². The molecule has 0 bridgehead atoms. The molecule has 0 radical (unpaired) electrons. The normalized spacial score (nSPS) is 24.8. The largest absolute Gasteiger partial charge is 0.399 e. The van der Waals surface area contributed by atoms with Crippen LogP contribution < -0.4 is 0 Å². The summed E-state index contributed by atoms with van der Waals surface area (Å²) in [5, 5.41) is 3.74. The summed E-state index contributed by atoms with van der Waals surface area (Å²) < 4.78 is 1.26. The summed E-state index contributed by atoms with van der Waals surface area (Å²) in [6.45, 7) is 4.13. The maximum absolute atomic E-state index is 4.63. The molecule has 1 rings (SSSR count). The smallest absolute Gasteiger partial charge is 0.106 e. The Kier molecular flexibility index (Phi) is 5.64. The molecule has 1 saturated carbocycles. The van der Waals surface area contributed by atoms with E-state index in [9.17, 15) is 0 Å². The molecule has 3 heteroatoms. The van der Waals surface area contributed by atoms with Gasteiger partial charge in [0.05, 0.1) is 0 Å². The Bertz CT molecular complexity index is 240. The van der Waals surface area contributed by atoms with Crippen LogP contribution in [0.3, 0.4) is 0 Å². The third-order valence-electron chi connectivity index (χ3n) is 3.13. The molecule has 15 heavy (non-hydrogen) atoms. The van der Waals surface area contributed by atoms with Crippen molar-refractivity contribution in [3.63, 3.8) is 0 Å². The maximum atomic E-state index is 4.63. The summed E-state index contributed by atoms with van der Waals surface area (Å²) in [6, 6.07) is 0. The van der Waals surface area contributed by atoms with E-state index in [2.05, 4.69) is 39.2 Å². The van der Waals surface area contributed by atoms with E-state index in [1.807, 2.05) is 6.21 Å². The molecule has 86 valence electrons. The quantitative estimate of drug-likeness (QED) is 0.166. The van der Waals surface area contributed by atoms with Gasteiger partial charge in [-0.05, 0) is 48.4 Å². The van der Waals surface area contributed by atoms with Crippen molar-refractivity contribution in [1.82, 2.24) is 0 Å². The topological polar surface area (TPSA) is 21.6 Å². The van der Waals surface area contributed by atoms with Crippen LogP contribution in [0.5, 0.6) is 0 Å². The van der Waals surface area contributed by atoms with Crippen LogP contribution in [-0.4, -0.2) is 17.8 Å². The van der Waals surface area contributed by atoms with Gasteiger partial charge in [-0.3, -0.25) is 0 Å². The number of rotatable bonds is 8. The Morgan fingerprint density at radius 2 is 2.20 bits per heavy atom. The molecule has 0 aromatic heterocycles. The summed E-state index contributed by atoms with van der Waals surface area (Å²) in [4.78, 5) is 4.63. The maximum Gasteiger partial charge on any atom is 0.106 e. The van der Waals surface area contributed by atoms with Gasteiger partial charge in [0.15, 0.2) is 0 Å². The highest BCUT2D eigenvalue weighted by Gasteiger charge is 2.45. The van der Waals surface area contributed by atoms with Crippen LogP contribution in [0.4, 0.5) is 0 Å². The number of nitrogens with zero attached hydrogens (tertiary/aromatic N) is 1. The molecule has 1 fully saturated rings. The van der Waals surface area contributed by atoms with E-state index < -0.39 is 0 Å². The molecule has 1 unspecified atom stereocenters. The molecule has 0 amide bonds. The molecule has 2 nitrogen and oxygen atoms in total. The Hall–Kier alpha value is -0.0600. The minimum absolute atomic E-state index is 0.506. The van der Waals surface area contributed by atoms with Gasteiger partial charge in [-0.15, -0.1) is 0 Å². The predicted molar refractivity (Wildman–Crippen MR) is 73.7 cm³/mol. The number of hydrogen-bond acceptors (Lipinski definition) is 2. The Morgan fingerprint density at radius 3 is 2.73 bits per heavy atom. The highest BCUT2D eigenvalue weighted by molar-refractivity contribution is 14.1. The monoisotopic (exact) mass is 321 g/mol. The fourth-order valence-electron chi connectivity index (χ4n) is 2.08. The van der Waals surface area contributed by atoms with Crippen LogP contribution in [-0.2, 0) is 4.84 Å².